The molecule has 2 N–H and O–H groups in total. The topological polar surface area (TPSA) is 62.2 Å². The summed E-state index contributed by atoms with van der Waals surface area (Å²) >= 11 is 0. The summed E-state index contributed by atoms with van der Waals surface area (Å²) in [7, 11) is 0. The first-order valence-corrected chi connectivity index (χ1v) is 4.36. The van der Waals surface area contributed by atoms with Crippen molar-refractivity contribution in [2.24, 2.45) is 0 Å². The predicted octanol–water partition coefficient (Wildman–Crippen LogP) is 1.67. The lowest BCUT2D eigenvalue weighted by Crippen LogP contribution is -2.40. The highest BCUT2D eigenvalue weighted by Crippen LogP contribution is 2.13. The van der Waals surface area contributed by atoms with Crippen LogP contribution in [0.15, 0.2) is 18.3 Å². The first-order chi connectivity index (χ1) is 6.42. The molecule has 4 nitrogen and oxygen atoms in total. The molecule has 0 aliphatic rings. The zero-order valence-corrected chi connectivity index (χ0v) is 8.53. The number of pyridine rings is 1. The van der Waals surface area contributed by atoms with Crippen LogP contribution >= 0.6 is 0 Å². The van der Waals surface area contributed by atoms with Crippen LogP contribution in [0.4, 0.5) is 5.82 Å². The van der Waals surface area contributed by atoms with Gasteiger partial charge >= 0.3 is 5.97 Å². The molecule has 0 unspecified atom stereocenters. The van der Waals surface area contributed by atoms with Gasteiger partial charge in [0.15, 0.2) is 0 Å². The standard InChI is InChI=1S/C10H14N2O2/c1-7-4-5-11-8(6-7)12-10(2,3)9(13)14/h4-6H,1-3H3,(H,11,12)(H,13,14). The summed E-state index contributed by atoms with van der Waals surface area (Å²) < 4.78 is 0. The summed E-state index contributed by atoms with van der Waals surface area (Å²) in [5.41, 5.74) is 0.0459. The third-order valence-corrected chi connectivity index (χ3v) is 1.89. The number of aryl methyl sites for hydroxylation is 1. The van der Waals surface area contributed by atoms with Crippen LogP contribution in [0.2, 0.25) is 0 Å². The summed E-state index contributed by atoms with van der Waals surface area (Å²) in [6.45, 7) is 5.12. The molecule has 76 valence electrons. The zero-order valence-electron chi connectivity index (χ0n) is 8.53. The third kappa shape index (κ3) is 2.45. The van der Waals surface area contributed by atoms with E-state index in [-0.39, 0.29) is 0 Å². The van der Waals surface area contributed by atoms with E-state index in [0.29, 0.717) is 5.82 Å². The van der Waals surface area contributed by atoms with Crippen LogP contribution in [0.1, 0.15) is 19.4 Å². The van der Waals surface area contributed by atoms with Crippen molar-refractivity contribution in [3.8, 4) is 0 Å². The molecule has 0 amide bonds. The first kappa shape index (κ1) is 10.5. The normalized spacial score (nSPS) is 11.1. The maximum absolute atomic E-state index is 10.8. The highest BCUT2D eigenvalue weighted by atomic mass is 16.4. The number of rotatable bonds is 3. The van der Waals surface area contributed by atoms with Crippen molar-refractivity contribution in [1.82, 2.24) is 4.98 Å². The van der Waals surface area contributed by atoms with Gasteiger partial charge in [-0.2, -0.15) is 0 Å². The number of hydrogen-bond donors (Lipinski definition) is 2. The quantitative estimate of drug-likeness (QED) is 0.768. The second-order valence-corrected chi connectivity index (χ2v) is 3.77. The molecule has 0 fully saturated rings. The fraction of sp³-hybridized carbons (Fsp3) is 0.400. The van der Waals surface area contributed by atoms with E-state index >= 15 is 0 Å². The van der Waals surface area contributed by atoms with E-state index in [1.165, 1.54) is 0 Å². The monoisotopic (exact) mass is 194 g/mol. The maximum Gasteiger partial charge on any atom is 0.328 e. The maximum atomic E-state index is 10.8. The largest absolute Gasteiger partial charge is 0.480 e. The molecule has 1 rings (SSSR count). The SMILES string of the molecule is Cc1ccnc(NC(C)(C)C(=O)O)c1. The minimum absolute atomic E-state index is 0.581. The summed E-state index contributed by atoms with van der Waals surface area (Å²) in [5.74, 6) is -0.321. The number of nitrogens with zero attached hydrogens (tertiary/aromatic N) is 1. The lowest BCUT2D eigenvalue weighted by atomic mass is 10.1. The molecule has 0 spiro atoms. The van der Waals surface area contributed by atoms with Gasteiger partial charge in [0.25, 0.3) is 0 Å². The molecule has 0 bridgehead atoms. The lowest BCUT2D eigenvalue weighted by Gasteiger charge is -2.21. The van der Waals surface area contributed by atoms with Gasteiger partial charge in [0.2, 0.25) is 0 Å². The highest BCUT2D eigenvalue weighted by Gasteiger charge is 2.26. The molecule has 0 saturated heterocycles. The second kappa shape index (κ2) is 3.65. The van der Waals surface area contributed by atoms with Crippen LogP contribution in [0.5, 0.6) is 0 Å². The Bertz CT molecular complexity index is 348. The van der Waals surface area contributed by atoms with Crippen LogP contribution in [0.25, 0.3) is 0 Å². The van der Waals surface area contributed by atoms with Crippen molar-refractivity contribution in [2.45, 2.75) is 26.3 Å². The van der Waals surface area contributed by atoms with Gasteiger partial charge in [-0.15, -0.1) is 0 Å². The Labute approximate surface area is 83.0 Å². The van der Waals surface area contributed by atoms with Crippen molar-refractivity contribution in [3.63, 3.8) is 0 Å². The Kier molecular flexibility index (Phi) is 2.74. The van der Waals surface area contributed by atoms with Gasteiger partial charge in [0, 0.05) is 6.20 Å². The number of aromatic nitrogens is 1. The van der Waals surface area contributed by atoms with Crippen molar-refractivity contribution >= 4 is 11.8 Å². The molecule has 4 heteroatoms. The molecule has 0 aliphatic heterocycles. The molecule has 1 aromatic rings. The van der Waals surface area contributed by atoms with Crippen LogP contribution in [0, 0.1) is 6.92 Å². The Morgan fingerprint density at radius 2 is 2.21 bits per heavy atom. The molecule has 1 heterocycles. The van der Waals surface area contributed by atoms with E-state index in [1.54, 1.807) is 20.0 Å². The zero-order chi connectivity index (χ0) is 10.8. The Hall–Kier alpha value is -1.58. The number of hydrogen-bond acceptors (Lipinski definition) is 3. The van der Waals surface area contributed by atoms with Crippen LogP contribution < -0.4 is 5.32 Å². The fourth-order valence-electron chi connectivity index (χ4n) is 0.978. The van der Waals surface area contributed by atoms with Crippen LogP contribution in [0.3, 0.4) is 0 Å². The van der Waals surface area contributed by atoms with Gasteiger partial charge in [-0.3, -0.25) is 0 Å². The number of carbonyl (C=O) groups is 1. The Morgan fingerprint density at radius 1 is 1.57 bits per heavy atom. The number of carboxylic acids is 1. The van der Waals surface area contributed by atoms with E-state index in [9.17, 15) is 4.79 Å². The predicted molar refractivity (Wildman–Crippen MR) is 54.3 cm³/mol. The molecule has 14 heavy (non-hydrogen) atoms. The van der Waals surface area contributed by atoms with Crippen LogP contribution in [-0.4, -0.2) is 21.6 Å². The van der Waals surface area contributed by atoms with Crippen molar-refractivity contribution in [2.75, 3.05) is 5.32 Å². The van der Waals surface area contributed by atoms with Crippen molar-refractivity contribution < 1.29 is 9.90 Å². The smallest absolute Gasteiger partial charge is 0.328 e. The van der Waals surface area contributed by atoms with Gasteiger partial charge in [-0.25, -0.2) is 9.78 Å². The highest BCUT2D eigenvalue weighted by molar-refractivity contribution is 5.81. The minimum atomic E-state index is -0.999. The average Bonchev–Trinajstić information content (AvgIpc) is 2.02. The van der Waals surface area contributed by atoms with Gasteiger partial charge in [-0.1, -0.05) is 0 Å². The fourth-order valence-corrected chi connectivity index (χ4v) is 0.978. The summed E-state index contributed by atoms with van der Waals surface area (Å²) in [6, 6.07) is 3.67. The van der Waals surface area contributed by atoms with Crippen molar-refractivity contribution in [3.05, 3.63) is 23.9 Å². The van der Waals surface area contributed by atoms with E-state index in [4.69, 9.17) is 5.11 Å². The molecular formula is C10H14N2O2. The molecule has 0 saturated carbocycles. The van der Waals surface area contributed by atoms with Gasteiger partial charge in [-0.05, 0) is 38.5 Å². The van der Waals surface area contributed by atoms with E-state index in [1.807, 2.05) is 19.1 Å². The van der Waals surface area contributed by atoms with Gasteiger partial charge in [0.05, 0.1) is 0 Å². The number of nitrogens with one attached hydrogen (secondary N) is 1. The number of aliphatic carboxylic acids is 1. The van der Waals surface area contributed by atoms with Gasteiger partial charge < -0.3 is 10.4 Å². The van der Waals surface area contributed by atoms with E-state index < -0.39 is 11.5 Å². The van der Waals surface area contributed by atoms with Crippen molar-refractivity contribution in [1.29, 1.82) is 0 Å². The molecular weight excluding hydrogens is 180 g/mol. The lowest BCUT2D eigenvalue weighted by molar-refractivity contribution is -0.141. The third-order valence-electron chi connectivity index (χ3n) is 1.89. The molecule has 0 atom stereocenters. The molecule has 0 radical (unpaired) electrons. The summed E-state index contributed by atoms with van der Waals surface area (Å²) in [6.07, 6.45) is 1.65. The Morgan fingerprint density at radius 3 is 2.71 bits per heavy atom. The van der Waals surface area contributed by atoms with E-state index in [0.717, 1.165) is 5.56 Å². The van der Waals surface area contributed by atoms with Crippen LogP contribution in [-0.2, 0) is 4.79 Å². The minimum Gasteiger partial charge on any atom is -0.480 e. The summed E-state index contributed by atoms with van der Waals surface area (Å²) in [5, 5.41) is 11.7. The number of carboxylic acid groups (broad SMARTS) is 1. The average molecular weight is 194 g/mol. The van der Waals surface area contributed by atoms with Gasteiger partial charge in [0.1, 0.15) is 11.4 Å². The molecule has 1 aromatic heterocycles. The van der Waals surface area contributed by atoms with E-state index in [2.05, 4.69) is 10.3 Å². The first-order valence-electron chi connectivity index (χ1n) is 4.36. The Balaban J connectivity index is 2.83. The number of anilines is 1. The molecule has 0 aliphatic carbocycles. The second-order valence-electron chi connectivity index (χ2n) is 3.77. The summed E-state index contributed by atoms with van der Waals surface area (Å²) in [4.78, 5) is 14.9. The molecule has 0 aromatic carbocycles.